The van der Waals surface area contributed by atoms with Gasteiger partial charge in [-0.3, -0.25) is 0 Å². The average molecular weight is 269 g/mol. The minimum atomic E-state index is -0.0973. The number of rotatable bonds is 5. The summed E-state index contributed by atoms with van der Waals surface area (Å²) in [6, 6.07) is 6.19. The SMILES string of the molecule is CCOc1ccc(C(N(C)C)C2(N)CC2)cc1Cl. The largest absolute Gasteiger partial charge is 0.492 e. The lowest BCUT2D eigenvalue weighted by Crippen LogP contribution is -2.39. The molecule has 1 saturated carbocycles. The summed E-state index contributed by atoms with van der Waals surface area (Å²) in [7, 11) is 4.11. The van der Waals surface area contributed by atoms with Gasteiger partial charge in [-0.2, -0.15) is 0 Å². The molecule has 1 aromatic rings. The fourth-order valence-corrected chi connectivity index (χ4v) is 2.77. The van der Waals surface area contributed by atoms with Crippen molar-refractivity contribution in [2.75, 3.05) is 20.7 Å². The van der Waals surface area contributed by atoms with Gasteiger partial charge in [0.15, 0.2) is 0 Å². The van der Waals surface area contributed by atoms with Crippen LogP contribution in [0, 0.1) is 0 Å². The van der Waals surface area contributed by atoms with Gasteiger partial charge in [0.1, 0.15) is 5.75 Å². The van der Waals surface area contributed by atoms with E-state index >= 15 is 0 Å². The Morgan fingerprint density at radius 2 is 2.11 bits per heavy atom. The predicted octanol–water partition coefficient (Wildman–Crippen LogP) is 2.83. The van der Waals surface area contributed by atoms with Crippen molar-refractivity contribution in [3.63, 3.8) is 0 Å². The second-order valence-electron chi connectivity index (χ2n) is 5.22. The molecule has 1 aliphatic rings. The first kappa shape index (κ1) is 13.7. The minimum absolute atomic E-state index is 0.0973. The molecule has 100 valence electrons. The molecule has 0 aliphatic heterocycles. The highest BCUT2D eigenvalue weighted by Crippen LogP contribution is 2.46. The summed E-state index contributed by atoms with van der Waals surface area (Å²) in [6.45, 7) is 2.57. The smallest absolute Gasteiger partial charge is 0.137 e. The molecule has 0 amide bonds. The standard InChI is InChI=1S/C14H21ClN2O/c1-4-18-12-6-5-10(9-11(12)15)13(17(2)3)14(16)7-8-14/h5-6,9,13H,4,7-8,16H2,1-3H3. The summed E-state index contributed by atoms with van der Waals surface area (Å²) in [6.07, 6.45) is 2.14. The van der Waals surface area contributed by atoms with Gasteiger partial charge in [-0.25, -0.2) is 0 Å². The molecule has 0 heterocycles. The maximum absolute atomic E-state index is 6.35. The van der Waals surface area contributed by atoms with E-state index in [2.05, 4.69) is 25.1 Å². The summed E-state index contributed by atoms with van der Waals surface area (Å²) in [5.74, 6) is 0.738. The van der Waals surface area contributed by atoms with Gasteiger partial charge in [0.05, 0.1) is 17.7 Å². The molecule has 1 aliphatic carbocycles. The third-order valence-corrected chi connectivity index (χ3v) is 3.76. The van der Waals surface area contributed by atoms with Crippen LogP contribution in [0.3, 0.4) is 0 Å². The molecule has 0 radical (unpaired) electrons. The number of likely N-dealkylation sites (N-methyl/N-ethyl adjacent to an activating group) is 1. The summed E-state index contributed by atoms with van der Waals surface area (Å²) >= 11 is 6.24. The Kier molecular flexibility index (Phi) is 3.85. The molecular formula is C14H21ClN2O. The Bertz CT molecular complexity index is 430. The zero-order chi connectivity index (χ0) is 13.3. The Morgan fingerprint density at radius 1 is 1.44 bits per heavy atom. The predicted molar refractivity (Wildman–Crippen MR) is 75.2 cm³/mol. The van der Waals surface area contributed by atoms with Gasteiger partial charge < -0.3 is 15.4 Å². The van der Waals surface area contributed by atoms with E-state index in [4.69, 9.17) is 22.1 Å². The van der Waals surface area contributed by atoms with E-state index in [0.717, 1.165) is 24.2 Å². The second kappa shape index (κ2) is 5.08. The van der Waals surface area contributed by atoms with Crippen LogP contribution in [0.15, 0.2) is 18.2 Å². The summed E-state index contributed by atoms with van der Waals surface area (Å²) < 4.78 is 5.46. The summed E-state index contributed by atoms with van der Waals surface area (Å²) in [5.41, 5.74) is 7.42. The van der Waals surface area contributed by atoms with Crippen molar-refractivity contribution < 1.29 is 4.74 Å². The van der Waals surface area contributed by atoms with Gasteiger partial charge in [-0.15, -0.1) is 0 Å². The summed E-state index contributed by atoms with van der Waals surface area (Å²) in [5, 5.41) is 0.658. The Labute approximate surface area is 114 Å². The van der Waals surface area contributed by atoms with Crippen LogP contribution in [0.2, 0.25) is 5.02 Å². The molecule has 0 saturated heterocycles. The van der Waals surface area contributed by atoms with E-state index < -0.39 is 0 Å². The van der Waals surface area contributed by atoms with Crippen molar-refractivity contribution in [2.24, 2.45) is 5.73 Å². The molecule has 3 nitrogen and oxygen atoms in total. The lowest BCUT2D eigenvalue weighted by atomic mass is 9.97. The molecule has 0 spiro atoms. The Hall–Kier alpha value is -0.770. The van der Waals surface area contributed by atoms with E-state index in [0.29, 0.717) is 11.6 Å². The number of hydrogen-bond donors (Lipinski definition) is 1. The average Bonchev–Trinajstić information content (AvgIpc) is 3.01. The van der Waals surface area contributed by atoms with Crippen molar-refractivity contribution in [1.82, 2.24) is 4.90 Å². The number of benzene rings is 1. The number of nitrogens with zero attached hydrogens (tertiary/aromatic N) is 1. The molecule has 4 heteroatoms. The van der Waals surface area contributed by atoms with Gasteiger partial charge in [0.2, 0.25) is 0 Å². The zero-order valence-electron chi connectivity index (χ0n) is 11.2. The first-order valence-electron chi connectivity index (χ1n) is 6.35. The molecule has 1 fully saturated rings. The van der Waals surface area contributed by atoms with E-state index in [9.17, 15) is 0 Å². The molecule has 0 bridgehead atoms. The monoisotopic (exact) mass is 268 g/mol. The molecule has 1 unspecified atom stereocenters. The van der Waals surface area contributed by atoms with Crippen LogP contribution in [-0.4, -0.2) is 31.1 Å². The first-order valence-corrected chi connectivity index (χ1v) is 6.73. The fraction of sp³-hybridized carbons (Fsp3) is 0.571. The van der Waals surface area contributed by atoms with Gasteiger partial charge in [0, 0.05) is 5.54 Å². The fourth-order valence-electron chi connectivity index (χ4n) is 2.52. The van der Waals surface area contributed by atoms with Crippen LogP contribution < -0.4 is 10.5 Å². The Balaban J connectivity index is 2.29. The third-order valence-electron chi connectivity index (χ3n) is 3.46. The molecule has 1 atom stereocenters. The highest BCUT2D eigenvalue weighted by Gasteiger charge is 2.47. The molecule has 2 N–H and O–H groups in total. The first-order chi connectivity index (χ1) is 8.48. The van der Waals surface area contributed by atoms with Crippen LogP contribution >= 0.6 is 11.6 Å². The maximum atomic E-state index is 6.35. The van der Waals surface area contributed by atoms with Crippen LogP contribution in [0.1, 0.15) is 31.4 Å². The van der Waals surface area contributed by atoms with Gasteiger partial charge in [0.25, 0.3) is 0 Å². The van der Waals surface area contributed by atoms with Crippen molar-refractivity contribution in [2.45, 2.75) is 31.3 Å². The van der Waals surface area contributed by atoms with Gasteiger partial charge >= 0.3 is 0 Å². The molecule has 1 aromatic carbocycles. The van der Waals surface area contributed by atoms with Crippen molar-refractivity contribution in [1.29, 1.82) is 0 Å². The van der Waals surface area contributed by atoms with Gasteiger partial charge in [-0.05, 0) is 51.6 Å². The van der Waals surface area contributed by atoms with E-state index in [-0.39, 0.29) is 11.6 Å². The maximum Gasteiger partial charge on any atom is 0.137 e. The lowest BCUT2D eigenvalue weighted by molar-refractivity contribution is 0.245. The van der Waals surface area contributed by atoms with Crippen LogP contribution in [0.5, 0.6) is 5.75 Å². The molecular weight excluding hydrogens is 248 g/mol. The highest BCUT2D eigenvalue weighted by atomic mass is 35.5. The lowest BCUT2D eigenvalue weighted by Gasteiger charge is -2.30. The normalized spacial score (nSPS) is 18.8. The quantitative estimate of drug-likeness (QED) is 0.892. The second-order valence-corrected chi connectivity index (χ2v) is 5.63. The van der Waals surface area contributed by atoms with Crippen LogP contribution in [0.25, 0.3) is 0 Å². The van der Waals surface area contributed by atoms with Crippen molar-refractivity contribution >= 4 is 11.6 Å². The summed E-state index contributed by atoms with van der Waals surface area (Å²) in [4.78, 5) is 2.17. The molecule has 0 aromatic heterocycles. The number of hydrogen-bond acceptors (Lipinski definition) is 3. The van der Waals surface area contributed by atoms with Crippen LogP contribution in [0.4, 0.5) is 0 Å². The Morgan fingerprint density at radius 3 is 2.56 bits per heavy atom. The number of ether oxygens (including phenoxy) is 1. The zero-order valence-corrected chi connectivity index (χ0v) is 12.0. The van der Waals surface area contributed by atoms with Crippen molar-refractivity contribution in [3.8, 4) is 5.75 Å². The van der Waals surface area contributed by atoms with E-state index in [1.165, 1.54) is 0 Å². The number of nitrogens with two attached hydrogens (primary N) is 1. The van der Waals surface area contributed by atoms with Crippen molar-refractivity contribution in [3.05, 3.63) is 28.8 Å². The van der Waals surface area contributed by atoms with E-state index in [1.54, 1.807) is 0 Å². The number of halogens is 1. The third kappa shape index (κ3) is 2.63. The van der Waals surface area contributed by atoms with E-state index in [1.807, 2.05) is 19.1 Å². The topological polar surface area (TPSA) is 38.5 Å². The minimum Gasteiger partial charge on any atom is -0.492 e. The highest BCUT2D eigenvalue weighted by molar-refractivity contribution is 6.32. The van der Waals surface area contributed by atoms with Crippen LogP contribution in [-0.2, 0) is 0 Å². The molecule has 2 rings (SSSR count). The molecule has 18 heavy (non-hydrogen) atoms. The van der Waals surface area contributed by atoms with Gasteiger partial charge in [-0.1, -0.05) is 17.7 Å².